The summed E-state index contributed by atoms with van der Waals surface area (Å²) >= 11 is 0. The number of rotatable bonds is 3. The Hall–Kier alpha value is -1.39. The summed E-state index contributed by atoms with van der Waals surface area (Å²) in [5.41, 5.74) is 0.780. The maximum atomic E-state index is 13.3. The molecular weight excluding hydrogens is 355 g/mol. The number of ketones is 1. The van der Waals surface area contributed by atoms with Crippen LogP contribution in [0.2, 0.25) is 0 Å². The number of piperidine rings is 1. The monoisotopic (exact) mass is 390 g/mol. The van der Waals surface area contributed by atoms with Gasteiger partial charge in [0.25, 0.3) is 5.91 Å². The minimum Gasteiger partial charge on any atom is -0.378 e. The molecule has 2 aliphatic heterocycles. The topological polar surface area (TPSA) is 49.4 Å². The van der Waals surface area contributed by atoms with Gasteiger partial charge in [0, 0.05) is 36.9 Å². The molecule has 0 aromatic heterocycles. The van der Waals surface area contributed by atoms with Crippen molar-refractivity contribution in [1.29, 1.82) is 0 Å². The van der Waals surface area contributed by atoms with Crippen LogP contribution in [0.4, 0.5) is 4.39 Å². The van der Waals surface area contributed by atoms with E-state index in [1.807, 2.05) is 4.90 Å². The summed E-state index contributed by atoms with van der Waals surface area (Å²) in [7, 11) is 0. The van der Waals surface area contributed by atoms with Gasteiger partial charge in [-0.15, -0.1) is 0 Å². The first-order valence-electron chi connectivity index (χ1n) is 11.4. The maximum absolute atomic E-state index is 13.3. The number of likely N-dealkylation sites (tertiary alicyclic amines) is 1. The first-order valence-corrected chi connectivity index (χ1v) is 11.4. The third-order valence-corrected chi connectivity index (χ3v) is 7.73. The van der Waals surface area contributed by atoms with Crippen LogP contribution in [0, 0.1) is 29.6 Å². The highest BCUT2D eigenvalue weighted by Gasteiger charge is 2.40. The molecule has 5 heteroatoms. The molecule has 4 atom stereocenters. The first kappa shape index (κ1) is 19.9. The Bertz CT molecular complexity index is 633. The van der Waals surface area contributed by atoms with Gasteiger partial charge in [-0.2, -0.15) is 0 Å². The second kappa shape index (κ2) is 8.16. The molecule has 0 bridgehead atoms. The zero-order valence-electron chi connectivity index (χ0n) is 17.3. The number of amides is 1. The Balaban J connectivity index is 1.30. The van der Waals surface area contributed by atoms with E-state index in [1.165, 1.54) is 6.42 Å². The molecule has 2 aliphatic carbocycles. The zero-order chi connectivity index (χ0) is 19.8. The summed E-state index contributed by atoms with van der Waals surface area (Å²) < 4.78 is 13.3. The molecule has 0 aromatic carbocycles. The lowest BCUT2D eigenvalue weighted by Crippen LogP contribution is -2.45. The van der Waals surface area contributed by atoms with Gasteiger partial charge in [0.05, 0.1) is 5.70 Å². The lowest BCUT2D eigenvalue weighted by atomic mass is 9.73. The van der Waals surface area contributed by atoms with Gasteiger partial charge in [0.15, 0.2) is 0 Å². The molecular formula is C23H35FN2O2. The van der Waals surface area contributed by atoms with Crippen LogP contribution in [-0.2, 0) is 9.59 Å². The fourth-order valence-corrected chi connectivity index (χ4v) is 6.09. The molecule has 4 nitrogen and oxygen atoms in total. The second-order valence-corrected chi connectivity index (χ2v) is 9.88. The van der Waals surface area contributed by atoms with E-state index in [4.69, 9.17) is 0 Å². The lowest BCUT2D eigenvalue weighted by molar-refractivity contribution is -0.134. The molecule has 0 spiro atoms. The number of Topliss-reactive ketones (excluding diaryl/α,β-unsaturated/α-hetero) is 1. The van der Waals surface area contributed by atoms with Crippen LogP contribution in [0.5, 0.6) is 0 Å². The number of nitrogens with zero attached hydrogens (tertiary/aromatic N) is 1. The summed E-state index contributed by atoms with van der Waals surface area (Å²) in [5.74, 6) is 2.34. The molecule has 28 heavy (non-hydrogen) atoms. The molecule has 4 unspecified atom stereocenters. The molecule has 1 amide bonds. The predicted octanol–water partition coefficient (Wildman–Crippen LogP) is 3.86. The Morgan fingerprint density at radius 1 is 1.00 bits per heavy atom. The highest BCUT2D eigenvalue weighted by Crippen LogP contribution is 2.39. The van der Waals surface area contributed by atoms with E-state index < -0.39 is 6.17 Å². The number of fused-ring (bicyclic) bond motifs is 1. The van der Waals surface area contributed by atoms with Crippen LogP contribution < -0.4 is 5.32 Å². The van der Waals surface area contributed by atoms with Crippen LogP contribution in [0.15, 0.2) is 11.8 Å². The van der Waals surface area contributed by atoms with E-state index in [0.29, 0.717) is 68.4 Å². The van der Waals surface area contributed by atoms with Crippen molar-refractivity contribution in [2.75, 3.05) is 13.1 Å². The minimum absolute atomic E-state index is 0.0464. The number of nitrogens with one attached hydrogen (secondary N) is 1. The quantitative estimate of drug-likeness (QED) is 0.796. The standard InChI is InChI=1S/C23H35FN2O2/c1-14-11-15(2)19-13-21(25-20(19)12-14)23(28)26-9-7-17(8-10-26)22(27)16-3-5-18(24)6-4-16/h13-20,25H,3-12H2,1-2H3. The molecule has 1 saturated heterocycles. The normalized spacial score (nSPS) is 39.1. The summed E-state index contributed by atoms with van der Waals surface area (Å²) in [4.78, 5) is 27.7. The SMILES string of the molecule is CC1CC(C)C2C=C(C(=O)N3CCC(C(=O)C4CCC(F)CC4)CC3)NC2C1. The van der Waals surface area contributed by atoms with Gasteiger partial charge in [0.1, 0.15) is 12.0 Å². The van der Waals surface area contributed by atoms with Gasteiger partial charge in [-0.25, -0.2) is 4.39 Å². The largest absolute Gasteiger partial charge is 0.378 e. The van der Waals surface area contributed by atoms with E-state index in [-0.39, 0.29) is 17.7 Å². The summed E-state index contributed by atoms with van der Waals surface area (Å²) in [6.07, 6.45) is 7.82. The Morgan fingerprint density at radius 3 is 2.32 bits per heavy atom. The molecule has 1 N–H and O–H groups in total. The van der Waals surface area contributed by atoms with Crippen LogP contribution in [-0.4, -0.2) is 41.9 Å². The average molecular weight is 391 g/mol. The van der Waals surface area contributed by atoms with Gasteiger partial charge in [-0.1, -0.05) is 19.9 Å². The van der Waals surface area contributed by atoms with Crippen molar-refractivity contribution < 1.29 is 14.0 Å². The molecule has 156 valence electrons. The maximum Gasteiger partial charge on any atom is 0.269 e. The molecule has 0 radical (unpaired) electrons. The minimum atomic E-state index is -0.717. The first-order chi connectivity index (χ1) is 13.4. The Morgan fingerprint density at radius 2 is 1.64 bits per heavy atom. The zero-order valence-corrected chi connectivity index (χ0v) is 17.3. The number of halogens is 1. The molecule has 2 heterocycles. The molecule has 0 aromatic rings. The van der Waals surface area contributed by atoms with E-state index in [2.05, 4.69) is 25.2 Å². The fourth-order valence-electron chi connectivity index (χ4n) is 6.09. The number of hydrogen-bond donors (Lipinski definition) is 1. The van der Waals surface area contributed by atoms with Gasteiger partial charge >= 0.3 is 0 Å². The molecule has 4 aliphatic rings. The third-order valence-electron chi connectivity index (χ3n) is 7.73. The van der Waals surface area contributed by atoms with Crippen LogP contribution >= 0.6 is 0 Å². The van der Waals surface area contributed by atoms with Crippen molar-refractivity contribution in [3.05, 3.63) is 11.8 Å². The average Bonchev–Trinajstić information content (AvgIpc) is 3.12. The Labute approximate surface area is 168 Å². The van der Waals surface area contributed by atoms with Gasteiger partial charge in [0.2, 0.25) is 0 Å². The van der Waals surface area contributed by atoms with Crippen molar-refractivity contribution in [1.82, 2.24) is 10.2 Å². The van der Waals surface area contributed by atoms with Crippen LogP contribution in [0.1, 0.15) is 65.2 Å². The van der Waals surface area contributed by atoms with Crippen molar-refractivity contribution in [3.8, 4) is 0 Å². The molecule has 3 fully saturated rings. The van der Waals surface area contributed by atoms with Crippen molar-refractivity contribution >= 4 is 11.7 Å². The number of carbonyl (C=O) groups is 2. The van der Waals surface area contributed by atoms with Gasteiger partial charge < -0.3 is 10.2 Å². The van der Waals surface area contributed by atoms with Crippen molar-refractivity contribution in [2.45, 2.75) is 77.4 Å². The third kappa shape index (κ3) is 3.99. The summed E-state index contributed by atoms with van der Waals surface area (Å²) in [5, 5.41) is 3.51. The van der Waals surface area contributed by atoms with E-state index >= 15 is 0 Å². The molecule has 2 saturated carbocycles. The fraction of sp³-hybridized carbons (Fsp3) is 0.826. The van der Waals surface area contributed by atoms with Gasteiger partial charge in [-0.3, -0.25) is 9.59 Å². The summed E-state index contributed by atoms with van der Waals surface area (Å²) in [6, 6.07) is 0.405. The number of alkyl halides is 1. The van der Waals surface area contributed by atoms with Crippen LogP contribution in [0.3, 0.4) is 0 Å². The van der Waals surface area contributed by atoms with E-state index in [1.54, 1.807) is 0 Å². The number of carbonyl (C=O) groups excluding carboxylic acids is 2. The van der Waals surface area contributed by atoms with E-state index in [9.17, 15) is 14.0 Å². The smallest absolute Gasteiger partial charge is 0.269 e. The van der Waals surface area contributed by atoms with Crippen molar-refractivity contribution in [3.63, 3.8) is 0 Å². The number of hydrogen-bond acceptors (Lipinski definition) is 3. The van der Waals surface area contributed by atoms with E-state index in [0.717, 1.165) is 25.0 Å². The molecule has 4 rings (SSSR count). The second-order valence-electron chi connectivity index (χ2n) is 9.88. The highest BCUT2D eigenvalue weighted by molar-refractivity contribution is 5.94. The summed E-state index contributed by atoms with van der Waals surface area (Å²) in [6.45, 7) is 5.92. The lowest BCUT2D eigenvalue weighted by Gasteiger charge is -2.35. The predicted molar refractivity (Wildman–Crippen MR) is 107 cm³/mol. The highest BCUT2D eigenvalue weighted by atomic mass is 19.1. The van der Waals surface area contributed by atoms with Gasteiger partial charge in [-0.05, 0) is 63.2 Å². The van der Waals surface area contributed by atoms with Crippen LogP contribution in [0.25, 0.3) is 0 Å². The Kier molecular flexibility index (Phi) is 5.80. The van der Waals surface area contributed by atoms with Crippen molar-refractivity contribution in [2.24, 2.45) is 29.6 Å².